The fraction of sp³-hybridized carbons (Fsp3) is 0.167. The Labute approximate surface area is 134 Å². The molecule has 0 amide bonds. The van der Waals surface area contributed by atoms with Crippen LogP contribution in [0.3, 0.4) is 0 Å². The Bertz CT molecular complexity index is 798. The molecule has 0 aliphatic carbocycles. The van der Waals surface area contributed by atoms with Crippen molar-refractivity contribution in [1.29, 1.82) is 0 Å². The van der Waals surface area contributed by atoms with Crippen LogP contribution in [0.1, 0.15) is 17.4 Å². The average Bonchev–Trinajstić information content (AvgIpc) is 3.14. The van der Waals surface area contributed by atoms with E-state index >= 15 is 0 Å². The van der Waals surface area contributed by atoms with Gasteiger partial charge < -0.3 is 4.74 Å². The predicted octanol–water partition coefficient (Wildman–Crippen LogP) is 3.61. The summed E-state index contributed by atoms with van der Waals surface area (Å²) in [7, 11) is 0. The quantitative estimate of drug-likeness (QED) is 0.676. The second-order valence-corrected chi connectivity index (χ2v) is 5.98. The number of ether oxygens (including phenoxy) is 1. The van der Waals surface area contributed by atoms with Crippen LogP contribution >= 0.6 is 11.6 Å². The zero-order valence-electron chi connectivity index (χ0n) is 12.0. The van der Waals surface area contributed by atoms with Crippen LogP contribution in [0.2, 0.25) is 5.02 Å². The highest BCUT2D eigenvalue weighted by Gasteiger charge is 2.28. The van der Waals surface area contributed by atoms with Gasteiger partial charge in [-0.3, -0.25) is 0 Å². The smallest absolute Gasteiger partial charge is 0.247 e. The highest BCUT2D eigenvalue weighted by atomic mass is 35.5. The van der Waals surface area contributed by atoms with Crippen LogP contribution in [0.5, 0.6) is 5.75 Å². The number of aromatic nitrogens is 2. The van der Waals surface area contributed by atoms with Crippen molar-refractivity contribution in [2.45, 2.75) is 19.2 Å². The first-order valence-electron chi connectivity index (χ1n) is 7.33. The van der Waals surface area contributed by atoms with E-state index in [1.165, 1.54) is 11.1 Å². The summed E-state index contributed by atoms with van der Waals surface area (Å²) < 4.78 is 10.3. The lowest BCUT2D eigenvalue weighted by atomic mass is 10.1. The van der Waals surface area contributed by atoms with Crippen LogP contribution in [0.25, 0.3) is 0 Å². The van der Waals surface area contributed by atoms with Gasteiger partial charge in [0.25, 0.3) is 0 Å². The molecule has 0 saturated heterocycles. The largest absolute Gasteiger partial charge is 0.451 e. The lowest BCUT2D eigenvalue weighted by Crippen LogP contribution is -2.32. The minimum absolute atomic E-state index is 0.00508. The molecular weight excluding hydrogens is 296 g/mol. The molecule has 1 unspecified atom stereocenters. The van der Waals surface area contributed by atoms with E-state index in [0.29, 0.717) is 0 Å². The molecule has 4 rings (SSSR count). The van der Waals surface area contributed by atoms with E-state index in [-0.39, 0.29) is 6.23 Å². The Morgan fingerprint density at radius 3 is 2.91 bits per heavy atom. The molecule has 3 nitrogen and oxygen atoms in total. The molecule has 4 heteroatoms. The number of rotatable bonds is 3. The molecule has 1 aromatic heterocycles. The maximum absolute atomic E-state index is 6.05. The maximum Gasteiger partial charge on any atom is 0.247 e. The molecule has 0 spiro atoms. The number of hydrogen-bond donors (Lipinski definition) is 0. The summed E-state index contributed by atoms with van der Waals surface area (Å²) in [5.74, 6) is 0.928. The first-order chi connectivity index (χ1) is 10.8. The van der Waals surface area contributed by atoms with Gasteiger partial charge in [-0.15, -0.1) is 0 Å². The Morgan fingerprint density at radius 1 is 1.18 bits per heavy atom. The van der Waals surface area contributed by atoms with Crippen molar-refractivity contribution in [2.75, 3.05) is 0 Å². The van der Waals surface area contributed by atoms with E-state index < -0.39 is 0 Å². The molecule has 3 aromatic rings. The number of halogens is 1. The molecule has 0 bridgehead atoms. The van der Waals surface area contributed by atoms with E-state index in [2.05, 4.69) is 52.1 Å². The monoisotopic (exact) mass is 311 g/mol. The van der Waals surface area contributed by atoms with Gasteiger partial charge in [-0.2, -0.15) is 4.57 Å². The summed E-state index contributed by atoms with van der Waals surface area (Å²) in [5, 5.41) is 0.759. The van der Waals surface area contributed by atoms with Crippen molar-refractivity contribution in [1.82, 2.24) is 4.57 Å². The molecule has 0 radical (unpaired) electrons. The molecule has 110 valence electrons. The lowest BCUT2D eigenvalue weighted by Gasteiger charge is -2.06. The lowest BCUT2D eigenvalue weighted by molar-refractivity contribution is -0.688. The van der Waals surface area contributed by atoms with E-state index in [9.17, 15) is 0 Å². The summed E-state index contributed by atoms with van der Waals surface area (Å²) in [6.45, 7) is 0.860. The topological polar surface area (TPSA) is 18.0 Å². The van der Waals surface area contributed by atoms with E-state index in [1.807, 2.05) is 24.3 Å². The minimum atomic E-state index is 0.00508. The van der Waals surface area contributed by atoms with Crippen molar-refractivity contribution >= 4 is 11.6 Å². The molecule has 22 heavy (non-hydrogen) atoms. The van der Waals surface area contributed by atoms with Gasteiger partial charge in [0.05, 0.1) is 6.42 Å². The van der Waals surface area contributed by atoms with Gasteiger partial charge in [0, 0.05) is 10.6 Å². The summed E-state index contributed by atoms with van der Waals surface area (Å²) in [5.41, 5.74) is 2.45. The highest BCUT2D eigenvalue weighted by Crippen LogP contribution is 2.35. The summed E-state index contributed by atoms with van der Waals surface area (Å²) in [6, 6.07) is 16.2. The third-order valence-electron chi connectivity index (χ3n) is 3.93. The standard InChI is InChI=1S/C18H16ClN2O/c19-16-6-7-17-15(10-16)11-18(22-17)21-9-8-20(13-21)12-14-4-2-1-3-5-14/h1-10,13,18H,11-12H2/q+1. The molecule has 1 atom stereocenters. The number of imidazole rings is 1. The molecule has 2 aromatic carbocycles. The number of fused-ring (bicyclic) bond motifs is 1. The van der Waals surface area contributed by atoms with Crippen LogP contribution in [0, 0.1) is 0 Å². The summed E-state index contributed by atoms with van der Waals surface area (Å²) in [6.07, 6.45) is 7.07. The molecular formula is C18H16ClN2O+. The Balaban J connectivity index is 1.51. The second kappa shape index (κ2) is 5.50. The molecule has 1 aliphatic rings. The van der Waals surface area contributed by atoms with Crippen LogP contribution in [0.4, 0.5) is 0 Å². The highest BCUT2D eigenvalue weighted by molar-refractivity contribution is 6.30. The van der Waals surface area contributed by atoms with Crippen molar-refractivity contribution in [3.05, 3.63) is 83.4 Å². The Morgan fingerprint density at radius 2 is 2.05 bits per heavy atom. The van der Waals surface area contributed by atoms with Crippen LogP contribution in [-0.2, 0) is 13.0 Å². The van der Waals surface area contributed by atoms with Crippen molar-refractivity contribution < 1.29 is 9.30 Å². The Kier molecular flexibility index (Phi) is 3.35. The van der Waals surface area contributed by atoms with Crippen LogP contribution in [0.15, 0.2) is 67.3 Å². The van der Waals surface area contributed by atoms with E-state index in [0.717, 1.165) is 23.7 Å². The molecule has 1 aliphatic heterocycles. The van der Waals surface area contributed by atoms with E-state index in [4.69, 9.17) is 16.3 Å². The first kappa shape index (κ1) is 13.4. The predicted molar refractivity (Wildman–Crippen MR) is 85.0 cm³/mol. The van der Waals surface area contributed by atoms with Crippen molar-refractivity contribution in [3.63, 3.8) is 0 Å². The van der Waals surface area contributed by atoms with Crippen LogP contribution in [-0.4, -0.2) is 4.57 Å². The van der Waals surface area contributed by atoms with Gasteiger partial charge in [-0.1, -0.05) is 41.9 Å². The fourth-order valence-corrected chi connectivity index (χ4v) is 3.03. The third kappa shape index (κ3) is 2.60. The zero-order chi connectivity index (χ0) is 14.9. The van der Waals surface area contributed by atoms with Gasteiger partial charge in [0.15, 0.2) is 0 Å². The third-order valence-corrected chi connectivity index (χ3v) is 4.17. The molecule has 0 saturated carbocycles. The van der Waals surface area contributed by atoms with Gasteiger partial charge in [0.1, 0.15) is 24.7 Å². The van der Waals surface area contributed by atoms with Gasteiger partial charge in [-0.25, -0.2) is 4.57 Å². The summed E-state index contributed by atoms with van der Waals surface area (Å²) in [4.78, 5) is 0. The van der Waals surface area contributed by atoms with Gasteiger partial charge in [0.2, 0.25) is 12.6 Å². The first-order valence-corrected chi connectivity index (χ1v) is 7.71. The fourth-order valence-electron chi connectivity index (χ4n) is 2.83. The van der Waals surface area contributed by atoms with Crippen molar-refractivity contribution in [3.8, 4) is 5.75 Å². The number of nitrogens with zero attached hydrogens (tertiary/aromatic N) is 2. The summed E-state index contributed by atoms with van der Waals surface area (Å²) >= 11 is 6.05. The SMILES string of the molecule is Clc1ccc2c(c1)CC(n1cc[n+](Cc3ccccc3)c1)O2. The molecule has 0 N–H and O–H groups in total. The van der Waals surface area contributed by atoms with Gasteiger partial charge >= 0.3 is 0 Å². The minimum Gasteiger partial charge on any atom is -0.451 e. The molecule has 2 heterocycles. The van der Waals surface area contributed by atoms with Crippen LogP contribution < -0.4 is 9.30 Å². The van der Waals surface area contributed by atoms with Crippen molar-refractivity contribution in [2.24, 2.45) is 0 Å². The average molecular weight is 312 g/mol. The number of hydrogen-bond acceptors (Lipinski definition) is 1. The number of benzene rings is 2. The van der Waals surface area contributed by atoms with E-state index in [1.54, 1.807) is 0 Å². The zero-order valence-corrected chi connectivity index (χ0v) is 12.8. The maximum atomic E-state index is 6.05. The molecule has 0 fully saturated rings. The Hall–Kier alpha value is -2.26. The second-order valence-electron chi connectivity index (χ2n) is 5.55. The van der Waals surface area contributed by atoms with Gasteiger partial charge in [-0.05, 0) is 23.8 Å². The normalized spacial score (nSPS) is 16.3.